The zero-order chi connectivity index (χ0) is 20.1. The number of halogens is 1. The first-order valence-corrected chi connectivity index (χ1v) is 10.3. The number of alkyl halides is 1. The number of rotatable bonds is 7. The maximum atomic E-state index is 12.2. The molecule has 0 aliphatic carbocycles. The molecule has 29 heavy (non-hydrogen) atoms. The van der Waals surface area contributed by atoms with Crippen LogP contribution in [0.25, 0.3) is 32.9 Å². The van der Waals surface area contributed by atoms with E-state index >= 15 is 0 Å². The molecule has 0 unspecified atom stereocenters. The van der Waals surface area contributed by atoms with Gasteiger partial charge in [-0.25, -0.2) is 4.98 Å². The van der Waals surface area contributed by atoms with Crippen LogP contribution in [0.2, 0.25) is 0 Å². The molecule has 1 heterocycles. The normalized spacial score (nSPS) is 11.3. The lowest BCUT2D eigenvalue weighted by Crippen LogP contribution is -1.97. The molecule has 146 valence electrons. The number of fused-ring (bicyclic) bond motifs is 1. The number of benzene rings is 3. The molecule has 4 aromatic rings. The fraction of sp³-hybridized carbons (Fsp3) is 0.125. The van der Waals surface area contributed by atoms with Crippen molar-refractivity contribution < 1.29 is 9.13 Å². The van der Waals surface area contributed by atoms with Crippen molar-refractivity contribution >= 4 is 39.4 Å². The lowest BCUT2D eigenvalue weighted by atomic mass is 10.1. The smallest absolute Gasteiger partial charge is 0.124 e. The SMILES string of the molecule is Nc1ccc(/C=C/c2ccc(-c3nc4ccc(OCCCF)cc4s3)cc2)cc1. The van der Waals surface area contributed by atoms with E-state index in [0.717, 1.165) is 43.4 Å². The number of thiazole rings is 1. The average molecular weight is 405 g/mol. The topological polar surface area (TPSA) is 48.1 Å². The maximum absolute atomic E-state index is 12.2. The second-order valence-corrected chi connectivity index (χ2v) is 7.69. The zero-order valence-corrected chi connectivity index (χ0v) is 16.7. The van der Waals surface area contributed by atoms with E-state index in [1.54, 1.807) is 11.3 Å². The number of anilines is 1. The minimum atomic E-state index is -0.363. The van der Waals surface area contributed by atoms with Crippen molar-refractivity contribution in [1.82, 2.24) is 4.98 Å². The number of hydrogen-bond donors (Lipinski definition) is 1. The van der Waals surface area contributed by atoms with E-state index in [4.69, 9.17) is 15.5 Å². The molecule has 0 saturated heterocycles. The van der Waals surface area contributed by atoms with Crippen LogP contribution in [0.15, 0.2) is 66.7 Å². The molecule has 0 bridgehead atoms. The molecule has 0 amide bonds. The van der Waals surface area contributed by atoms with E-state index < -0.39 is 0 Å². The molecule has 0 fully saturated rings. The number of aromatic nitrogens is 1. The van der Waals surface area contributed by atoms with Gasteiger partial charge in [-0.3, -0.25) is 4.39 Å². The van der Waals surface area contributed by atoms with Gasteiger partial charge >= 0.3 is 0 Å². The van der Waals surface area contributed by atoms with Crippen LogP contribution in [0.5, 0.6) is 5.75 Å². The van der Waals surface area contributed by atoms with E-state index in [9.17, 15) is 4.39 Å². The van der Waals surface area contributed by atoms with Gasteiger partial charge in [0, 0.05) is 17.7 Å². The molecule has 3 nitrogen and oxygen atoms in total. The molecule has 2 N–H and O–H groups in total. The van der Waals surface area contributed by atoms with Crippen LogP contribution in [0.4, 0.5) is 10.1 Å². The molecule has 3 aromatic carbocycles. The summed E-state index contributed by atoms with van der Waals surface area (Å²) in [6.45, 7) is 0.0249. The largest absolute Gasteiger partial charge is 0.493 e. The van der Waals surface area contributed by atoms with Crippen molar-refractivity contribution in [2.24, 2.45) is 0 Å². The first-order valence-electron chi connectivity index (χ1n) is 9.45. The van der Waals surface area contributed by atoms with Crippen molar-refractivity contribution in [2.45, 2.75) is 6.42 Å². The molecule has 0 aliphatic rings. The third-order valence-corrected chi connectivity index (χ3v) is 5.54. The van der Waals surface area contributed by atoms with Crippen molar-refractivity contribution in [3.8, 4) is 16.3 Å². The first-order chi connectivity index (χ1) is 14.2. The van der Waals surface area contributed by atoms with Crippen LogP contribution in [0.3, 0.4) is 0 Å². The van der Waals surface area contributed by atoms with Gasteiger partial charge in [0.25, 0.3) is 0 Å². The molecule has 0 saturated carbocycles. The fourth-order valence-corrected chi connectivity index (χ4v) is 3.90. The molecule has 0 aliphatic heterocycles. The van der Waals surface area contributed by atoms with Gasteiger partial charge in [-0.15, -0.1) is 11.3 Å². The molecule has 0 spiro atoms. The highest BCUT2D eigenvalue weighted by atomic mass is 32.1. The Kier molecular flexibility index (Phi) is 5.86. The van der Waals surface area contributed by atoms with E-state index in [2.05, 4.69) is 36.4 Å². The zero-order valence-electron chi connectivity index (χ0n) is 15.8. The van der Waals surface area contributed by atoms with Gasteiger partial charge in [0.2, 0.25) is 0 Å². The van der Waals surface area contributed by atoms with Crippen molar-refractivity contribution in [1.29, 1.82) is 0 Å². The van der Waals surface area contributed by atoms with Crippen LogP contribution in [0.1, 0.15) is 17.5 Å². The molecule has 1 aromatic heterocycles. The van der Waals surface area contributed by atoms with Crippen LogP contribution in [0, 0.1) is 0 Å². The molecule has 4 rings (SSSR count). The lowest BCUT2D eigenvalue weighted by Gasteiger charge is -2.03. The monoisotopic (exact) mass is 404 g/mol. The van der Waals surface area contributed by atoms with E-state index in [1.807, 2.05) is 42.5 Å². The Morgan fingerprint density at radius 1 is 0.931 bits per heavy atom. The number of nitrogens with two attached hydrogens (primary N) is 1. The third kappa shape index (κ3) is 4.81. The molecule has 0 radical (unpaired) electrons. The van der Waals surface area contributed by atoms with Gasteiger partial charge in [0.1, 0.15) is 10.8 Å². The van der Waals surface area contributed by atoms with Gasteiger partial charge in [-0.2, -0.15) is 0 Å². The summed E-state index contributed by atoms with van der Waals surface area (Å²) in [6, 6.07) is 21.9. The van der Waals surface area contributed by atoms with Crippen molar-refractivity contribution in [2.75, 3.05) is 19.0 Å². The van der Waals surface area contributed by atoms with E-state index in [0.29, 0.717) is 13.0 Å². The van der Waals surface area contributed by atoms with Gasteiger partial charge in [-0.1, -0.05) is 48.6 Å². The summed E-state index contributed by atoms with van der Waals surface area (Å²) >= 11 is 1.63. The van der Waals surface area contributed by atoms with Crippen molar-refractivity contribution in [3.63, 3.8) is 0 Å². The Morgan fingerprint density at radius 2 is 1.62 bits per heavy atom. The lowest BCUT2D eigenvalue weighted by molar-refractivity contribution is 0.290. The third-order valence-electron chi connectivity index (χ3n) is 4.47. The summed E-state index contributed by atoms with van der Waals surface area (Å²) in [6.07, 6.45) is 4.55. The van der Waals surface area contributed by atoms with Crippen molar-refractivity contribution in [3.05, 3.63) is 77.9 Å². The Hall–Kier alpha value is -3.18. The molecule has 0 atom stereocenters. The predicted molar refractivity (Wildman–Crippen MR) is 121 cm³/mol. The number of ether oxygens (including phenoxy) is 1. The Labute approximate surface area is 173 Å². The van der Waals surface area contributed by atoms with Gasteiger partial charge in [0.05, 0.1) is 23.5 Å². The standard InChI is InChI=1S/C24H21FN2OS/c25-14-1-15-28-21-12-13-22-23(16-21)29-24(27-22)19-8-4-17(5-9-19)2-3-18-6-10-20(26)11-7-18/h2-13,16H,1,14-15,26H2/b3-2+. The molecular formula is C24H21FN2OS. The van der Waals surface area contributed by atoms with Gasteiger partial charge in [-0.05, 0) is 41.5 Å². The summed E-state index contributed by atoms with van der Waals surface area (Å²) in [4.78, 5) is 4.73. The summed E-state index contributed by atoms with van der Waals surface area (Å²) < 4.78 is 18.9. The predicted octanol–water partition coefficient (Wildman–Crippen LogP) is 6.45. The minimum absolute atomic E-state index is 0.363. The second kappa shape index (κ2) is 8.88. The number of hydrogen-bond acceptors (Lipinski definition) is 4. The summed E-state index contributed by atoms with van der Waals surface area (Å²) in [5.41, 5.74) is 10.7. The fourth-order valence-electron chi connectivity index (χ4n) is 2.90. The summed E-state index contributed by atoms with van der Waals surface area (Å²) in [5.74, 6) is 0.754. The van der Waals surface area contributed by atoms with Gasteiger partial charge in [0.15, 0.2) is 0 Å². The second-order valence-electron chi connectivity index (χ2n) is 6.66. The van der Waals surface area contributed by atoms with Crippen LogP contribution in [-0.2, 0) is 0 Å². The maximum Gasteiger partial charge on any atom is 0.124 e. The quantitative estimate of drug-likeness (QED) is 0.219. The Balaban J connectivity index is 1.49. The first kappa shape index (κ1) is 19.2. The number of nitrogen functional groups attached to an aromatic ring is 1. The van der Waals surface area contributed by atoms with E-state index in [-0.39, 0.29) is 6.67 Å². The highest BCUT2D eigenvalue weighted by Gasteiger charge is 2.07. The van der Waals surface area contributed by atoms with Gasteiger partial charge < -0.3 is 10.5 Å². The van der Waals surface area contributed by atoms with Crippen LogP contribution >= 0.6 is 11.3 Å². The Bertz CT molecular complexity index is 1120. The summed E-state index contributed by atoms with van der Waals surface area (Å²) in [5, 5.41) is 0.968. The van der Waals surface area contributed by atoms with Crippen LogP contribution < -0.4 is 10.5 Å². The highest BCUT2D eigenvalue weighted by Crippen LogP contribution is 2.32. The van der Waals surface area contributed by atoms with Crippen LogP contribution in [-0.4, -0.2) is 18.3 Å². The number of nitrogens with zero attached hydrogens (tertiary/aromatic N) is 1. The summed E-state index contributed by atoms with van der Waals surface area (Å²) in [7, 11) is 0. The molecular weight excluding hydrogens is 383 g/mol. The minimum Gasteiger partial charge on any atom is -0.493 e. The highest BCUT2D eigenvalue weighted by molar-refractivity contribution is 7.21. The molecule has 5 heteroatoms. The Morgan fingerprint density at radius 3 is 2.31 bits per heavy atom. The average Bonchev–Trinajstić information content (AvgIpc) is 3.17. The van der Waals surface area contributed by atoms with E-state index in [1.165, 1.54) is 0 Å².